The van der Waals surface area contributed by atoms with Gasteiger partial charge in [-0.1, -0.05) is 12.1 Å². The van der Waals surface area contributed by atoms with Crippen molar-refractivity contribution in [3.63, 3.8) is 0 Å². The summed E-state index contributed by atoms with van der Waals surface area (Å²) in [6.07, 6.45) is 1.20. The number of ether oxygens (including phenoxy) is 2. The molecular formula is C20H33IN4O2. The zero-order chi connectivity index (χ0) is 18.2. The summed E-state index contributed by atoms with van der Waals surface area (Å²) in [7, 11) is 0. The number of nitrogens with zero attached hydrogens (tertiary/aromatic N) is 3. The summed E-state index contributed by atoms with van der Waals surface area (Å²) in [6, 6.07) is 8.83. The average molecular weight is 488 g/mol. The van der Waals surface area contributed by atoms with Gasteiger partial charge in [0.05, 0.1) is 26.4 Å². The third-order valence-corrected chi connectivity index (χ3v) is 4.98. The smallest absolute Gasteiger partial charge is 0.194 e. The third-order valence-electron chi connectivity index (χ3n) is 4.98. The van der Waals surface area contributed by atoms with Crippen LogP contribution in [0.1, 0.15) is 25.8 Å². The van der Waals surface area contributed by atoms with E-state index in [1.807, 2.05) is 19.1 Å². The Balaban J connectivity index is 0.00000261. The van der Waals surface area contributed by atoms with Crippen LogP contribution in [0, 0.1) is 0 Å². The fourth-order valence-electron chi connectivity index (χ4n) is 3.67. The molecule has 1 N–H and O–H groups in total. The highest BCUT2D eigenvalue weighted by atomic mass is 127. The van der Waals surface area contributed by atoms with E-state index in [9.17, 15) is 0 Å². The second-order valence-electron chi connectivity index (χ2n) is 6.79. The maximum atomic E-state index is 5.59. The molecule has 1 unspecified atom stereocenters. The van der Waals surface area contributed by atoms with Crippen LogP contribution in [0.4, 0.5) is 0 Å². The van der Waals surface area contributed by atoms with Gasteiger partial charge in [-0.3, -0.25) is 4.90 Å². The predicted octanol–water partition coefficient (Wildman–Crippen LogP) is 2.58. The molecule has 0 saturated carbocycles. The molecule has 0 spiro atoms. The first-order valence-electron chi connectivity index (χ1n) is 9.87. The van der Waals surface area contributed by atoms with E-state index in [1.54, 1.807) is 0 Å². The maximum absolute atomic E-state index is 5.59. The van der Waals surface area contributed by atoms with Crippen LogP contribution in [-0.4, -0.2) is 74.3 Å². The molecule has 0 amide bonds. The Hall–Kier alpha value is -1.06. The molecule has 1 aromatic carbocycles. The SMILES string of the molecule is CCNC(=NCc1cccc(OCC)c1)N1CCC(N2CCOCC2)C1.I. The lowest BCUT2D eigenvalue weighted by Gasteiger charge is -2.32. The molecule has 7 heteroatoms. The van der Waals surface area contributed by atoms with Crippen LogP contribution in [0.3, 0.4) is 0 Å². The fourth-order valence-corrected chi connectivity index (χ4v) is 3.67. The molecule has 2 aliphatic heterocycles. The fraction of sp³-hybridized carbons (Fsp3) is 0.650. The molecular weight excluding hydrogens is 455 g/mol. The van der Waals surface area contributed by atoms with Crippen molar-refractivity contribution in [2.24, 2.45) is 4.99 Å². The molecule has 1 atom stereocenters. The van der Waals surface area contributed by atoms with Gasteiger partial charge in [0.2, 0.25) is 0 Å². The maximum Gasteiger partial charge on any atom is 0.194 e. The number of morpholine rings is 1. The van der Waals surface area contributed by atoms with Gasteiger partial charge in [-0.25, -0.2) is 4.99 Å². The second kappa shape index (κ2) is 11.7. The van der Waals surface area contributed by atoms with E-state index in [4.69, 9.17) is 14.5 Å². The summed E-state index contributed by atoms with van der Waals surface area (Å²) < 4.78 is 11.1. The molecule has 2 aliphatic rings. The van der Waals surface area contributed by atoms with E-state index >= 15 is 0 Å². The van der Waals surface area contributed by atoms with Crippen LogP contribution in [-0.2, 0) is 11.3 Å². The minimum absolute atomic E-state index is 0. The minimum atomic E-state index is 0. The van der Waals surface area contributed by atoms with Crippen molar-refractivity contribution in [1.82, 2.24) is 15.1 Å². The van der Waals surface area contributed by atoms with Gasteiger partial charge < -0.3 is 19.7 Å². The van der Waals surface area contributed by atoms with E-state index in [0.717, 1.165) is 57.6 Å². The lowest BCUT2D eigenvalue weighted by Crippen LogP contribution is -2.46. The summed E-state index contributed by atoms with van der Waals surface area (Å²) in [5, 5.41) is 3.46. The van der Waals surface area contributed by atoms with Crippen molar-refractivity contribution in [3.8, 4) is 5.75 Å². The van der Waals surface area contributed by atoms with Gasteiger partial charge in [0.1, 0.15) is 5.75 Å². The Morgan fingerprint density at radius 1 is 1.26 bits per heavy atom. The van der Waals surface area contributed by atoms with Gasteiger partial charge in [-0.15, -0.1) is 24.0 Å². The zero-order valence-corrected chi connectivity index (χ0v) is 18.9. The molecule has 0 aromatic heterocycles. The second-order valence-corrected chi connectivity index (χ2v) is 6.79. The van der Waals surface area contributed by atoms with E-state index in [2.05, 4.69) is 34.2 Å². The Bertz CT molecular complexity index is 593. The monoisotopic (exact) mass is 488 g/mol. The van der Waals surface area contributed by atoms with Gasteiger partial charge in [0.25, 0.3) is 0 Å². The normalized spacial score (nSPS) is 21.0. The largest absolute Gasteiger partial charge is 0.494 e. The molecule has 2 fully saturated rings. The van der Waals surface area contributed by atoms with Crippen molar-refractivity contribution in [3.05, 3.63) is 29.8 Å². The molecule has 2 heterocycles. The topological polar surface area (TPSA) is 49.3 Å². The van der Waals surface area contributed by atoms with E-state index in [0.29, 0.717) is 19.2 Å². The number of halogens is 1. The number of likely N-dealkylation sites (tertiary alicyclic amines) is 1. The van der Waals surface area contributed by atoms with Crippen LogP contribution in [0.15, 0.2) is 29.3 Å². The number of hydrogen-bond acceptors (Lipinski definition) is 4. The van der Waals surface area contributed by atoms with Crippen molar-refractivity contribution in [2.45, 2.75) is 32.9 Å². The van der Waals surface area contributed by atoms with E-state index in [-0.39, 0.29) is 24.0 Å². The van der Waals surface area contributed by atoms with Crippen LogP contribution < -0.4 is 10.1 Å². The first-order chi connectivity index (χ1) is 12.8. The third kappa shape index (κ3) is 6.50. The van der Waals surface area contributed by atoms with E-state index in [1.165, 1.54) is 12.0 Å². The molecule has 0 aliphatic carbocycles. The van der Waals surface area contributed by atoms with Gasteiger partial charge in [-0.05, 0) is 38.0 Å². The molecule has 6 nitrogen and oxygen atoms in total. The van der Waals surface area contributed by atoms with E-state index < -0.39 is 0 Å². The Labute approximate surface area is 180 Å². The van der Waals surface area contributed by atoms with Gasteiger partial charge in [0, 0.05) is 38.8 Å². The Morgan fingerprint density at radius 2 is 2.07 bits per heavy atom. The summed E-state index contributed by atoms with van der Waals surface area (Å²) in [5.41, 5.74) is 1.18. The first kappa shape index (κ1) is 22.2. The molecule has 0 radical (unpaired) electrons. The molecule has 0 bridgehead atoms. The predicted molar refractivity (Wildman–Crippen MR) is 120 cm³/mol. The number of guanidine groups is 1. The molecule has 3 rings (SSSR count). The summed E-state index contributed by atoms with van der Waals surface area (Å²) in [4.78, 5) is 9.85. The van der Waals surface area contributed by atoms with Crippen molar-refractivity contribution < 1.29 is 9.47 Å². The van der Waals surface area contributed by atoms with Crippen LogP contribution in [0.2, 0.25) is 0 Å². The minimum Gasteiger partial charge on any atom is -0.494 e. The van der Waals surface area contributed by atoms with Gasteiger partial charge in [0.15, 0.2) is 5.96 Å². The van der Waals surface area contributed by atoms with Gasteiger partial charge >= 0.3 is 0 Å². The molecule has 27 heavy (non-hydrogen) atoms. The standard InChI is InChI=1S/C20H32N4O2.HI/c1-3-21-20(22-15-17-6-5-7-19(14-17)26-4-2)24-9-8-18(16-24)23-10-12-25-13-11-23;/h5-7,14,18H,3-4,8-13,15-16H2,1-2H3,(H,21,22);1H. The molecule has 2 saturated heterocycles. The van der Waals surface area contributed by atoms with Crippen molar-refractivity contribution in [1.29, 1.82) is 0 Å². The Kier molecular flexibility index (Phi) is 9.64. The van der Waals surface area contributed by atoms with Crippen molar-refractivity contribution in [2.75, 3.05) is 52.5 Å². The number of rotatable bonds is 6. The summed E-state index contributed by atoms with van der Waals surface area (Å²) in [5.74, 6) is 1.93. The number of hydrogen-bond donors (Lipinski definition) is 1. The number of nitrogens with one attached hydrogen (secondary N) is 1. The molecule has 1 aromatic rings. The number of aliphatic imine (C=N–C) groups is 1. The summed E-state index contributed by atoms with van der Waals surface area (Å²) >= 11 is 0. The van der Waals surface area contributed by atoms with Gasteiger partial charge in [-0.2, -0.15) is 0 Å². The first-order valence-corrected chi connectivity index (χ1v) is 9.87. The highest BCUT2D eigenvalue weighted by Crippen LogP contribution is 2.18. The Morgan fingerprint density at radius 3 is 2.81 bits per heavy atom. The summed E-state index contributed by atoms with van der Waals surface area (Å²) in [6.45, 7) is 12.3. The number of benzene rings is 1. The van der Waals surface area contributed by atoms with Crippen LogP contribution in [0.25, 0.3) is 0 Å². The lowest BCUT2D eigenvalue weighted by atomic mass is 10.2. The quantitative estimate of drug-likeness (QED) is 0.379. The zero-order valence-electron chi connectivity index (χ0n) is 16.5. The average Bonchev–Trinajstić information content (AvgIpc) is 3.16. The van der Waals surface area contributed by atoms with Crippen LogP contribution >= 0.6 is 24.0 Å². The van der Waals surface area contributed by atoms with Crippen molar-refractivity contribution >= 4 is 29.9 Å². The highest BCUT2D eigenvalue weighted by molar-refractivity contribution is 14.0. The molecule has 152 valence electrons. The highest BCUT2D eigenvalue weighted by Gasteiger charge is 2.30. The van der Waals surface area contributed by atoms with Crippen LogP contribution in [0.5, 0.6) is 5.75 Å². The lowest BCUT2D eigenvalue weighted by molar-refractivity contribution is 0.0195.